The minimum absolute atomic E-state index is 0.0447. The lowest BCUT2D eigenvalue weighted by atomic mass is 9.95. The molecule has 4 aromatic rings. The molecule has 5 rings (SSSR count). The molecule has 11 heteroatoms. The van der Waals surface area contributed by atoms with Gasteiger partial charge in [-0.25, -0.2) is 13.8 Å². The van der Waals surface area contributed by atoms with Crippen LogP contribution in [0.25, 0.3) is 16.9 Å². The number of nitrogens with zero attached hydrogens (tertiary/aromatic N) is 4. The number of aromatic nitrogens is 3. The lowest BCUT2D eigenvalue weighted by Crippen LogP contribution is -2.49. The van der Waals surface area contributed by atoms with Crippen molar-refractivity contribution in [2.45, 2.75) is 65.2 Å². The molecule has 0 spiro atoms. The maximum Gasteiger partial charge on any atom is 0.305 e. The number of likely N-dealkylation sites (tertiary alicyclic amines) is 1. The smallest absolute Gasteiger partial charge is 0.305 e. The Hall–Kier alpha value is -4.38. The van der Waals surface area contributed by atoms with Gasteiger partial charge in [0, 0.05) is 43.8 Å². The van der Waals surface area contributed by atoms with Gasteiger partial charge < -0.3 is 15.0 Å². The highest BCUT2D eigenvalue weighted by molar-refractivity contribution is 5.82. The third kappa shape index (κ3) is 7.14. The number of aryl methyl sites for hydroxylation is 2. The molecule has 1 aliphatic heterocycles. The minimum atomic E-state index is -1.12. The summed E-state index contributed by atoms with van der Waals surface area (Å²) >= 11 is 0. The summed E-state index contributed by atoms with van der Waals surface area (Å²) in [6.07, 6.45) is 4.30. The number of rotatable bonds is 12. The molecule has 1 aromatic carbocycles. The monoisotopic (exact) mass is 619 g/mol. The second kappa shape index (κ2) is 13.3. The molecule has 0 bridgehead atoms. The van der Waals surface area contributed by atoms with Crippen LogP contribution in [-0.2, 0) is 16.0 Å². The summed E-state index contributed by atoms with van der Waals surface area (Å²) in [5.41, 5.74) is 4.53. The minimum Gasteiger partial charge on any atom is -0.481 e. The maximum atomic E-state index is 14.9. The van der Waals surface area contributed by atoms with E-state index in [1.54, 1.807) is 12.3 Å². The molecule has 4 heterocycles. The maximum absolute atomic E-state index is 14.9. The number of carbonyl (C=O) groups excluding carboxylic acids is 1. The molecule has 1 saturated heterocycles. The van der Waals surface area contributed by atoms with Crippen molar-refractivity contribution in [2.24, 2.45) is 5.92 Å². The SMILES string of the molecule is Cc1cccc(C)c1-c1cc(C(CC(=O)O)NC(=O)[C@H](CC(C)C)n2cc(CCN3CC(F)C3)cc(F)c2=O)cc2nccn12. The summed E-state index contributed by atoms with van der Waals surface area (Å²) in [4.78, 5) is 45.5. The first-order valence-corrected chi connectivity index (χ1v) is 15.2. The van der Waals surface area contributed by atoms with Gasteiger partial charge in [-0.2, -0.15) is 0 Å². The number of nitrogens with one attached hydrogen (secondary N) is 1. The Labute approximate surface area is 260 Å². The van der Waals surface area contributed by atoms with E-state index in [-0.39, 0.29) is 12.3 Å². The highest BCUT2D eigenvalue weighted by Crippen LogP contribution is 2.32. The fraction of sp³-hybridized carbons (Fsp3) is 0.412. The van der Waals surface area contributed by atoms with Gasteiger partial charge in [-0.1, -0.05) is 32.0 Å². The summed E-state index contributed by atoms with van der Waals surface area (Å²) in [6, 6.07) is 8.68. The summed E-state index contributed by atoms with van der Waals surface area (Å²) < 4.78 is 31.2. The van der Waals surface area contributed by atoms with Gasteiger partial charge >= 0.3 is 5.97 Å². The molecule has 0 saturated carbocycles. The van der Waals surface area contributed by atoms with Gasteiger partial charge in [-0.3, -0.25) is 23.7 Å². The van der Waals surface area contributed by atoms with Crippen LogP contribution in [0, 0.1) is 25.6 Å². The van der Waals surface area contributed by atoms with Gasteiger partial charge in [0.05, 0.1) is 18.2 Å². The Kier molecular flexibility index (Phi) is 9.48. The van der Waals surface area contributed by atoms with E-state index in [1.807, 2.05) is 67.5 Å². The van der Waals surface area contributed by atoms with Crippen molar-refractivity contribution in [3.63, 3.8) is 0 Å². The van der Waals surface area contributed by atoms with Crippen molar-refractivity contribution in [3.05, 3.63) is 93.4 Å². The van der Waals surface area contributed by atoms with Crippen molar-refractivity contribution in [2.75, 3.05) is 19.6 Å². The molecule has 3 aromatic heterocycles. The van der Waals surface area contributed by atoms with Crippen molar-refractivity contribution < 1.29 is 23.5 Å². The Morgan fingerprint density at radius 2 is 1.84 bits per heavy atom. The lowest BCUT2D eigenvalue weighted by Gasteiger charge is -2.34. The average Bonchev–Trinajstić information content (AvgIpc) is 3.43. The first-order valence-electron chi connectivity index (χ1n) is 15.2. The van der Waals surface area contributed by atoms with Crippen LogP contribution in [-0.4, -0.2) is 61.6 Å². The number of amides is 1. The molecule has 1 aliphatic rings. The largest absolute Gasteiger partial charge is 0.481 e. The van der Waals surface area contributed by atoms with E-state index in [4.69, 9.17) is 0 Å². The molecular formula is C34H39F2N5O4. The van der Waals surface area contributed by atoms with Crippen molar-refractivity contribution in [3.8, 4) is 11.3 Å². The van der Waals surface area contributed by atoms with Crippen LogP contribution in [0.3, 0.4) is 0 Å². The number of halogens is 2. The van der Waals surface area contributed by atoms with Gasteiger partial charge in [-0.05, 0) is 73.1 Å². The third-order valence-electron chi connectivity index (χ3n) is 8.38. The highest BCUT2D eigenvalue weighted by Gasteiger charge is 2.29. The van der Waals surface area contributed by atoms with E-state index in [1.165, 1.54) is 6.20 Å². The Bertz CT molecular complexity index is 1760. The summed E-state index contributed by atoms with van der Waals surface area (Å²) in [6.45, 7) is 8.91. The zero-order valence-electron chi connectivity index (χ0n) is 26.0. The van der Waals surface area contributed by atoms with Crippen molar-refractivity contribution in [1.82, 2.24) is 24.2 Å². The quantitative estimate of drug-likeness (QED) is 0.230. The molecule has 1 amide bonds. The van der Waals surface area contributed by atoms with Gasteiger partial charge in [0.15, 0.2) is 5.82 Å². The number of fused-ring (bicyclic) bond motifs is 1. The van der Waals surface area contributed by atoms with E-state index in [0.29, 0.717) is 42.8 Å². The van der Waals surface area contributed by atoms with Crippen LogP contribution >= 0.6 is 0 Å². The van der Waals surface area contributed by atoms with Gasteiger partial charge in [-0.15, -0.1) is 0 Å². The fourth-order valence-electron chi connectivity index (χ4n) is 6.11. The van der Waals surface area contributed by atoms with E-state index >= 15 is 0 Å². The topological polar surface area (TPSA) is 109 Å². The normalized spacial score (nSPS) is 15.3. The van der Waals surface area contributed by atoms with Gasteiger partial charge in [0.2, 0.25) is 5.91 Å². The lowest BCUT2D eigenvalue weighted by molar-refractivity contribution is -0.138. The predicted molar refractivity (Wildman–Crippen MR) is 167 cm³/mol. The number of carboxylic acid groups (broad SMARTS) is 1. The number of pyridine rings is 2. The van der Waals surface area contributed by atoms with Crippen molar-refractivity contribution >= 4 is 17.5 Å². The van der Waals surface area contributed by atoms with Crippen molar-refractivity contribution in [1.29, 1.82) is 0 Å². The highest BCUT2D eigenvalue weighted by atomic mass is 19.1. The zero-order valence-corrected chi connectivity index (χ0v) is 26.0. The summed E-state index contributed by atoms with van der Waals surface area (Å²) in [5.74, 6) is -2.74. The van der Waals surface area contributed by atoms with Gasteiger partial charge in [0.25, 0.3) is 5.56 Å². The second-order valence-electron chi connectivity index (χ2n) is 12.4. The first-order chi connectivity index (χ1) is 21.4. The van der Waals surface area contributed by atoms with E-state index in [2.05, 4.69) is 10.3 Å². The predicted octanol–water partition coefficient (Wildman–Crippen LogP) is 5.03. The molecular weight excluding hydrogens is 580 g/mol. The number of imidazole rings is 1. The number of carbonyl (C=O) groups is 2. The zero-order chi connectivity index (χ0) is 32.4. The Morgan fingerprint density at radius 3 is 2.49 bits per heavy atom. The molecule has 1 unspecified atom stereocenters. The molecule has 45 heavy (non-hydrogen) atoms. The number of hydrogen-bond donors (Lipinski definition) is 2. The van der Waals surface area contributed by atoms with Crippen LogP contribution in [0.5, 0.6) is 0 Å². The standard InChI is InChI=1S/C34H39F2N5O4/c1-20(2)12-29(41-17-23(13-26(36)34(41)45)8-10-39-18-25(35)19-39)33(44)38-27(16-31(42)43)24-14-28(40-11-9-37-30(40)15-24)32-21(3)6-5-7-22(32)4/h5-7,9,11,13-15,17,20,25,27,29H,8,10,12,16,18-19H2,1-4H3,(H,38,44)(H,42,43)/t27?,29-/m0/s1. The van der Waals surface area contributed by atoms with E-state index < -0.39 is 47.9 Å². The molecule has 1 fully saturated rings. The van der Waals surface area contributed by atoms with Crippen LogP contribution in [0.2, 0.25) is 0 Å². The molecule has 2 N–H and O–H groups in total. The molecule has 0 aliphatic carbocycles. The fourth-order valence-corrected chi connectivity index (χ4v) is 6.11. The number of alkyl halides is 1. The van der Waals surface area contributed by atoms with Crippen LogP contribution in [0.15, 0.2) is 59.8 Å². The van der Waals surface area contributed by atoms with Crippen LogP contribution in [0.4, 0.5) is 8.78 Å². The molecule has 0 radical (unpaired) electrons. The number of aliphatic carboxylic acids is 1. The number of carboxylic acids is 1. The Balaban J connectivity index is 1.51. The second-order valence-corrected chi connectivity index (χ2v) is 12.4. The molecule has 2 atom stereocenters. The molecule has 238 valence electrons. The van der Waals surface area contributed by atoms with Crippen LogP contribution in [0.1, 0.15) is 61.0 Å². The number of benzene rings is 1. The summed E-state index contributed by atoms with van der Waals surface area (Å²) in [5, 5.41) is 12.7. The van der Waals surface area contributed by atoms with Gasteiger partial charge in [0.1, 0.15) is 17.9 Å². The Morgan fingerprint density at radius 1 is 1.13 bits per heavy atom. The number of hydrogen-bond acceptors (Lipinski definition) is 5. The summed E-state index contributed by atoms with van der Waals surface area (Å²) in [7, 11) is 0. The third-order valence-corrected chi connectivity index (χ3v) is 8.38. The first kappa shape index (κ1) is 32.0. The van der Waals surface area contributed by atoms with E-state index in [0.717, 1.165) is 33.0 Å². The molecule has 9 nitrogen and oxygen atoms in total. The average molecular weight is 620 g/mol. The van der Waals surface area contributed by atoms with Crippen LogP contribution < -0.4 is 10.9 Å². The van der Waals surface area contributed by atoms with E-state index in [9.17, 15) is 28.3 Å².